The molecule has 0 bridgehead atoms. The van der Waals surface area contributed by atoms with E-state index in [1.165, 1.54) is 0 Å². The molecule has 1 unspecified atom stereocenters. The first-order chi connectivity index (χ1) is 17.0. The Bertz CT molecular complexity index is 1440. The van der Waals surface area contributed by atoms with E-state index in [0.717, 1.165) is 41.1 Å². The van der Waals surface area contributed by atoms with Crippen LogP contribution in [-0.4, -0.2) is 28.0 Å². The van der Waals surface area contributed by atoms with Crippen molar-refractivity contribution in [3.63, 3.8) is 0 Å². The normalized spacial score (nSPS) is 13.4. The number of amides is 1. The van der Waals surface area contributed by atoms with Crippen LogP contribution >= 0.6 is 11.3 Å². The second-order valence-corrected chi connectivity index (χ2v) is 9.62. The average molecular weight is 488 g/mol. The SMILES string of the molecule is Cc1c(C(=O)OCC(=O)NC(Cc2ccccc2)c2ccccc2)sc2nc3n(c(=O)c12)CCC3. The monoisotopic (exact) mass is 487 g/mol. The summed E-state index contributed by atoms with van der Waals surface area (Å²) in [7, 11) is 0. The van der Waals surface area contributed by atoms with Crippen LogP contribution in [0.2, 0.25) is 0 Å². The van der Waals surface area contributed by atoms with Crippen molar-refractivity contribution >= 4 is 33.4 Å². The van der Waals surface area contributed by atoms with Crippen molar-refractivity contribution in [1.29, 1.82) is 0 Å². The minimum absolute atomic E-state index is 0.111. The molecule has 0 saturated carbocycles. The van der Waals surface area contributed by atoms with Crippen LogP contribution in [0.4, 0.5) is 0 Å². The van der Waals surface area contributed by atoms with E-state index in [1.54, 1.807) is 11.5 Å². The Balaban J connectivity index is 1.29. The Labute approximate surface area is 206 Å². The van der Waals surface area contributed by atoms with E-state index < -0.39 is 12.6 Å². The quantitative estimate of drug-likeness (QED) is 0.399. The zero-order chi connectivity index (χ0) is 24.4. The smallest absolute Gasteiger partial charge is 0.349 e. The number of thiophene rings is 1. The fourth-order valence-corrected chi connectivity index (χ4v) is 5.57. The van der Waals surface area contributed by atoms with Crippen molar-refractivity contribution in [3.8, 4) is 0 Å². The number of carbonyl (C=O) groups is 2. The number of fused-ring (bicyclic) bond motifs is 2. The molecule has 0 fully saturated rings. The maximum Gasteiger partial charge on any atom is 0.349 e. The summed E-state index contributed by atoms with van der Waals surface area (Å²) in [4.78, 5) is 43.9. The van der Waals surface area contributed by atoms with Gasteiger partial charge in [0, 0.05) is 13.0 Å². The summed E-state index contributed by atoms with van der Waals surface area (Å²) < 4.78 is 7.03. The number of nitrogens with one attached hydrogen (secondary N) is 1. The van der Waals surface area contributed by atoms with Gasteiger partial charge in [0.15, 0.2) is 6.61 Å². The average Bonchev–Trinajstić information content (AvgIpc) is 3.48. The molecule has 1 aliphatic rings. The number of hydrogen-bond acceptors (Lipinski definition) is 6. The number of aryl methyl sites for hydroxylation is 2. The molecule has 1 atom stereocenters. The predicted octanol–water partition coefficient (Wildman–Crippen LogP) is 3.97. The summed E-state index contributed by atoms with van der Waals surface area (Å²) >= 11 is 1.15. The third-order valence-electron chi connectivity index (χ3n) is 6.25. The van der Waals surface area contributed by atoms with Gasteiger partial charge in [-0.05, 0) is 36.5 Å². The number of rotatable bonds is 7. The second kappa shape index (κ2) is 9.84. The topological polar surface area (TPSA) is 90.3 Å². The fourth-order valence-electron chi connectivity index (χ4n) is 4.49. The second-order valence-electron chi connectivity index (χ2n) is 8.62. The first kappa shape index (κ1) is 23.0. The lowest BCUT2D eigenvalue weighted by molar-refractivity contribution is -0.125. The van der Waals surface area contributed by atoms with E-state index in [4.69, 9.17) is 4.74 Å². The molecule has 4 aromatic rings. The maximum absolute atomic E-state index is 12.9. The lowest BCUT2D eigenvalue weighted by Crippen LogP contribution is -2.33. The first-order valence-electron chi connectivity index (χ1n) is 11.6. The number of hydrogen-bond donors (Lipinski definition) is 1. The lowest BCUT2D eigenvalue weighted by Gasteiger charge is -2.19. The minimum Gasteiger partial charge on any atom is -0.451 e. The van der Waals surface area contributed by atoms with Crippen molar-refractivity contribution in [1.82, 2.24) is 14.9 Å². The molecule has 35 heavy (non-hydrogen) atoms. The highest BCUT2D eigenvalue weighted by Gasteiger charge is 2.25. The van der Waals surface area contributed by atoms with E-state index in [-0.39, 0.29) is 17.5 Å². The Morgan fingerprint density at radius 3 is 2.57 bits per heavy atom. The van der Waals surface area contributed by atoms with Gasteiger partial charge in [0.05, 0.1) is 11.4 Å². The number of aromatic nitrogens is 2. The van der Waals surface area contributed by atoms with Crippen LogP contribution in [0.5, 0.6) is 0 Å². The molecule has 0 saturated heterocycles. The van der Waals surface area contributed by atoms with Crippen molar-refractivity contribution in [2.45, 2.75) is 38.8 Å². The molecule has 8 heteroatoms. The van der Waals surface area contributed by atoms with Crippen molar-refractivity contribution in [2.24, 2.45) is 0 Å². The molecule has 1 aliphatic heterocycles. The number of ether oxygens (including phenoxy) is 1. The van der Waals surface area contributed by atoms with Crippen LogP contribution in [0.3, 0.4) is 0 Å². The van der Waals surface area contributed by atoms with Crippen LogP contribution in [0, 0.1) is 6.92 Å². The highest BCUT2D eigenvalue weighted by molar-refractivity contribution is 7.20. The fraction of sp³-hybridized carbons (Fsp3) is 0.259. The number of carbonyl (C=O) groups excluding carboxylic acids is 2. The molecule has 178 valence electrons. The summed E-state index contributed by atoms with van der Waals surface area (Å²) in [6.07, 6.45) is 2.27. The molecular formula is C27H25N3O4S. The zero-order valence-corrected chi connectivity index (χ0v) is 20.1. The van der Waals surface area contributed by atoms with Crippen molar-refractivity contribution in [3.05, 3.63) is 98.4 Å². The molecule has 0 spiro atoms. The van der Waals surface area contributed by atoms with Gasteiger partial charge in [-0.3, -0.25) is 14.2 Å². The summed E-state index contributed by atoms with van der Waals surface area (Å²) in [5.74, 6) is -0.253. The summed E-state index contributed by atoms with van der Waals surface area (Å²) in [6, 6.07) is 19.3. The van der Waals surface area contributed by atoms with Gasteiger partial charge >= 0.3 is 5.97 Å². The maximum atomic E-state index is 12.9. The summed E-state index contributed by atoms with van der Waals surface area (Å²) in [5, 5.41) is 3.45. The van der Waals surface area contributed by atoms with E-state index in [9.17, 15) is 14.4 Å². The first-order valence-corrected chi connectivity index (χ1v) is 12.4. The van der Waals surface area contributed by atoms with Gasteiger partial charge < -0.3 is 10.1 Å². The number of esters is 1. The molecule has 0 radical (unpaired) electrons. The molecule has 2 aromatic carbocycles. The van der Waals surface area contributed by atoms with Gasteiger partial charge in [0.1, 0.15) is 15.5 Å². The molecule has 5 rings (SSSR count). The van der Waals surface area contributed by atoms with Gasteiger partial charge in [-0.15, -0.1) is 11.3 Å². The van der Waals surface area contributed by atoms with Crippen molar-refractivity contribution < 1.29 is 14.3 Å². The molecular weight excluding hydrogens is 462 g/mol. The van der Waals surface area contributed by atoms with E-state index >= 15 is 0 Å². The minimum atomic E-state index is -0.621. The number of benzene rings is 2. The molecule has 0 aliphatic carbocycles. The van der Waals surface area contributed by atoms with E-state index in [0.29, 0.717) is 33.6 Å². The molecule has 1 amide bonds. The standard InChI is InChI=1S/C27H25N3O4S/c1-17-23-25(29-21-13-8-14-30(21)26(23)32)35-24(17)27(33)34-16-22(31)28-20(19-11-6-3-7-12-19)15-18-9-4-2-5-10-18/h2-7,9-12,20H,8,13-16H2,1H3,(H,28,31). The van der Waals surface area contributed by atoms with E-state index in [1.807, 2.05) is 60.7 Å². The van der Waals surface area contributed by atoms with Crippen molar-refractivity contribution in [2.75, 3.05) is 6.61 Å². The molecule has 1 N–H and O–H groups in total. The zero-order valence-electron chi connectivity index (χ0n) is 19.3. The molecule has 7 nitrogen and oxygen atoms in total. The number of nitrogens with zero attached hydrogens (tertiary/aromatic N) is 2. The van der Waals surface area contributed by atoms with Gasteiger partial charge in [-0.1, -0.05) is 60.7 Å². The van der Waals surface area contributed by atoms with Gasteiger partial charge in [0.2, 0.25) is 0 Å². The molecule has 2 aromatic heterocycles. The van der Waals surface area contributed by atoms with Gasteiger partial charge in [-0.2, -0.15) is 0 Å². The van der Waals surface area contributed by atoms with Gasteiger partial charge in [-0.25, -0.2) is 9.78 Å². The van der Waals surface area contributed by atoms with Gasteiger partial charge in [0.25, 0.3) is 11.5 Å². The predicted molar refractivity (Wildman–Crippen MR) is 135 cm³/mol. The Morgan fingerprint density at radius 2 is 1.83 bits per heavy atom. The van der Waals surface area contributed by atoms with Crippen LogP contribution < -0.4 is 10.9 Å². The summed E-state index contributed by atoms with van der Waals surface area (Å²) in [5.41, 5.74) is 2.50. The molecule has 3 heterocycles. The highest BCUT2D eigenvalue weighted by Crippen LogP contribution is 2.29. The Hall–Kier alpha value is -3.78. The Morgan fingerprint density at radius 1 is 1.11 bits per heavy atom. The lowest BCUT2D eigenvalue weighted by atomic mass is 9.99. The third-order valence-corrected chi connectivity index (χ3v) is 7.42. The largest absolute Gasteiger partial charge is 0.451 e. The Kier molecular flexibility index (Phi) is 6.46. The summed E-state index contributed by atoms with van der Waals surface area (Å²) in [6.45, 7) is 1.97. The highest BCUT2D eigenvalue weighted by atomic mass is 32.1. The van der Waals surface area contributed by atoms with Crippen LogP contribution in [-0.2, 0) is 28.9 Å². The van der Waals surface area contributed by atoms with E-state index in [2.05, 4.69) is 10.3 Å². The third kappa shape index (κ3) is 4.74. The van der Waals surface area contributed by atoms with Crippen LogP contribution in [0.1, 0.15) is 44.6 Å². The van der Waals surface area contributed by atoms with Crippen LogP contribution in [0.25, 0.3) is 10.2 Å². The van der Waals surface area contributed by atoms with Crippen LogP contribution in [0.15, 0.2) is 65.5 Å².